The van der Waals surface area contributed by atoms with Gasteiger partial charge in [-0.3, -0.25) is 5.32 Å². The summed E-state index contributed by atoms with van der Waals surface area (Å²) >= 11 is 6.55. The zero-order valence-corrected chi connectivity index (χ0v) is 20.5. The summed E-state index contributed by atoms with van der Waals surface area (Å²) in [6.45, 7) is 1.19. The molecule has 1 atom stereocenters. The molecule has 0 saturated heterocycles. The lowest BCUT2D eigenvalue weighted by Gasteiger charge is -2.30. The van der Waals surface area contributed by atoms with Gasteiger partial charge in [0.2, 0.25) is 0 Å². The van der Waals surface area contributed by atoms with Crippen molar-refractivity contribution in [3.63, 3.8) is 0 Å². The predicted molar refractivity (Wildman–Crippen MR) is 134 cm³/mol. The molecule has 188 valence electrons. The zero-order chi connectivity index (χ0) is 25.4. The summed E-state index contributed by atoms with van der Waals surface area (Å²) in [6, 6.07) is 12.8. The second-order valence-electron chi connectivity index (χ2n) is 9.44. The molecule has 6 nitrogen and oxygen atoms in total. The number of ether oxygens (including phenoxy) is 2. The molecule has 0 spiro atoms. The van der Waals surface area contributed by atoms with Crippen LogP contribution < -0.4 is 10.1 Å². The first kappa shape index (κ1) is 24.4. The Kier molecular flexibility index (Phi) is 6.76. The van der Waals surface area contributed by atoms with Crippen LogP contribution in [0.5, 0.6) is 5.75 Å². The molecule has 1 aromatic heterocycles. The maximum absolute atomic E-state index is 12.7. The predicted octanol–water partition coefficient (Wildman–Crippen LogP) is 7.55. The highest BCUT2D eigenvalue weighted by Crippen LogP contribution is 2.44. The van der Waals surface area contributed by atoms with Gasteiger partial charge in [-0.1, -0.05) is 17.7 Å². The number of hydrogen-bond acceptors (Lipinski definition) is 4. The SMILES string of the molecule is CC(OC(=O)Nc1ccc(-c2c(C#N)c3ccc(OCC(F)F)cc3n2C2CCC2)cc1Cl)C1CC1. The third kappa shape index (κ3) is 4.85. The van der Waals surface area contributed by atoms with Crippen LogP contribution in [0.1, 0.15) is 50.6 Å². The van der Waals surface area contributed by atoms with Crippen molar-refractivity contribution in [3.05, 3.63) is 47.0 Å². The summed E-state index contributed by atoms with van der Waals surface area (Å²) < 4.78 is 38.1. The summed E-state index contributed by atoms with van der Waals surface area (Å²) in [7, 11) is 0. The van der Waals surface area contributed by atoms with Gasteiger partial charge >= 0.3 is 6.09 Å². The number of benzene rings is 2. The number of aromatic nitrogens is 1. The van der Waals surface area contributed by atoms with E-state index in [1.807, 2.05) is 13.0 Å². The summed E-state index contributed by atoms with van der Waals surface area (Å²) in [5.74, 6) is 0.751. The molecule has 36 heavy (non-hydrogen) atoms. The maximum atomic E-state index is 12.7. The van der Waals surface area contributed by atoms with E-state index in [4.69, 9.17) is 21.1 Å². The van der Waals surface area contributed by atoms with Gasteiger partial charge in [0.05, 0.1) is 27.5 Å². The minimum atomic E-state index is -2.58. The molecular formula is C27H26ClF2N3O3. The molecule has 0 radical (unpaired) electrons. The van der Waals surface area contributed by atoms with Crippen molar-refractivity contribution in [3.8, 4) is 23.1 Å². The maximum Gasteiger partial charge on any atom is 0.411 e. The number of rotatable bonds is 8. The van der Waals surface area contributed by atoms with Gasteiger partial charge in [0, 0.05) is 23.1 Å². The molecule has 0 aliphatic heterocycles. The van der Waals surface area contributed by atoms with Crippen LogP contribution in [0.2, 0.25) is 5.02 Å². The van der Waals surface area contributed by atoms with Crippen molar-refractivity contribution in [1.29, 1.82) is 5.26 Å². The number of fused-ring (bicyclic) bond motifs is 1. The van der Waals surface area contributed by atoms with Crippen LogP contribution in [-0.2, 0) is 4.74 Å². The number of amides is 1. The Morgan fingerprint density at radius 2 is 2.00 bits per heavy atom. The van der Waals surface area contributed by atoms with Gasteiger partial charge in [-0.05, 0) is 69.2 Å². The van der Waals surface area contributed by atoms with Crippen LogP contribution in [0.3, 0.4) is 0 Å². The minimum absolute atomic E-state index is 0.144. The summed E-state index contributed by atoms with van der Waals surface area (Å²) in [4.78, 5) is 12.3. The topological polar surface area (TPSA) is 76.3 Å². The molecule has 2 saturated carbocycles. The van der Waals surface area contributed by atoms with Crippen LogP contribution in [-0.4, -0.2) is 29.8 Å². The first-order valence-electron chi connectivity index (χ1n) is 12.1. The molecule has 9 heteroatoms. The van der Waals surface area contributed by atoms with Gasteiger partial charge in [-0.25, -0.2) is 13.6 Å². The van der Waals surface area contributed by atoms with Gasteiger partial charge in [-0.15, -0.1) is 0 Å². The second-order valence-corrected chi connectivity index (χ2v) is 9.85. The van der Waals surface area contributed by atoms with Gasteiger partial charge < -0.3 is 14.0 Å². The molecule has 0 bridgehead atoms. The Bertz CT molecular complexity index is 1340. The molecule has 2 aromatic carbocycles. The number of halogens is 3. The average Bonchev–Trinajstić information content (AvgIpc) is 3.61. The van der Waals surface area contributed by atoms with Gasteiger partial charge in [-0.2, -0.15) is 5.26 Å². The van der Waals surface area contributed by atoms with Gasteiger partial charge in [0.15, 0.2) is 0 Å². The average molecular weight is 514 g/mol. The third-order valence-electron chi connectivity index (χ3n) is 6.96. The van der Waals surface area contributed by atoms with Crippen LogP contribution in [0.25, 0.3) is 22.2 Å². The van der Waals surface area contributed by atoms with Gasteiger partial charge in [0.1, 0.15) is 24.5 Å². The van der Waals surface area contributed by atoms with Gasteiger partial charge in [0.25, 0.3) is 6.43 Å². The lowest BCUT2D eigenvalue weighted by molar-refractivity contribution is 0.0819. The number of nitriles is 1. The molecular weight excluding hydrogens is 488 g/mol. The number of hydrogen-bond donors (Lipinski definition) is 1. The molecule has 1 N–H and O–H groups in total. The molecule has 5 rings (SSSR count). The molecule has 2 aliphatic rings. The van der Waals surface area contributed by atoms with E-state index in [1.165, 1.54) is 0 Å². The highest BCUT2D eigenvalue weighted by molar-refractivity contribution is 6.34. The van der Waals surface area contributed by atoms with Crippen molar-refractivity contribution in [2.24, 2.45) is 5.92 Å². The summed E-state index contributed by atoms with van der Waals surface area (Å²) in [6.07, 6.45) is 1.83. The fraction of sp³-hybridized carbons (Fsp3) is 0.407. The first-order valence-corrected chi connectivity index (χ1v) is 12.5. The van der Waals surface area contributed by atoms with E-state index in [1.54, 1.807) is 30.3 Å². The van der Waals surface area contributed by atoms with Crippen molar-refractivity contribution < 1.29 is 23.0 Å². The largest absolute Gasteiger partial charge is 0.488 e. The smallest absolute Gasteiger partial charge is 0.411 e. The van der Waals surface area contributed by atoms with Crippen molar-refractivity contribution in [1.82, 2.24) is 4.57 Å². The van der Waals surface area contributed by atoms with Crippen molar-refractivity contribution >= 4 is 34.3 Å². The number of nitrogens with one attached hydrogen (secondary N) is 1. The monoisotopic (exact) mass is 513 g/mol. The molecule has 1 amide bonds. The van der Waals surface area contributed by atoms with E-state index in [0.29, 0.717) is 33.6 Å². The molecule has 3 aromatic rings. The highest BCUT2D eigenvalue weighted by atomic mass is 35.5. The Morgan fingerprint density at radius 3 is 2.61 bits per heavy atom. The Balaban J connectivity index is 1.50. The quantitative estimate of drug-likeness (QED) is 0.337. The van der Waals surface area contributed by atoms with Crippen LogP contribution in [0.15, 0.2) is 36.4 Å². The number of carbonyl (C=O) groups is 1. The lowest BCUT2D eigenvalue weighted by Crippen LogP contribution is -2.21. The fourth-order valence-electron chi connectivity index (χ4n) is 4.69. The second kappa shape index (κ2) is 9.98. The number of alkyl halides is 2. The Labute approximate surface area is 212 Å². The molecule has 1 heterocycles. The van der Waals surface area contributed by atoms with Crippen LogP contribution in [0.4, 0.5) is 19.3 Å². The van der Waals surface area contributed by atoms with E-state index in [0.717, 1.165) is 48.6 Å². The van der Waals surface area contributed by atoms with E-state index >= 15 is 0 Å². The Morgan fingerprint density at radius 1 is 1.22 bits per heavy atom. The lowest BCUT2D eigenvalue weighted by atomic mass is 9.92. The van der Waals surface area contributed by atoms with Crippen molar-refractivity contribution in [2.75, 3.05) is 11.9 Å². The van der Waals surface area contributed by atoms with E-state index in [2.05, 4.69) is 16.0 Å². The number of anilines is 1. The molecule has 2 aliphatic carbocycles. The van der Waals surface area contributed by atoms with Crippen LogP contribution >= 0.6 is 11.6 Å². The summed E-state index contributed by atoms with van der Waals surface area (Å²) in [5.41, 5.74) is 3.09. The standard InChI is InChI=1S/C27H26ClF2N3O3/c1-15(16-5-6-16)36-27(34)32-23-10-7-17(11-22(23)28)26-21(13-31)20-9-8-19(35-14-25(29)30)12-24(20)33(26)18-3-2-4-18/h7-12,15-16,18,25H,2-6,14H2,1H3,(H,32,34). The van der Waals surface area contributed by atoms with E-state index < -0.39 is 19.1 Å². The fourth-order valence-corrected chi connectivity index (χ4v) is 4.92. The summed E-state index contributed by atoms with van der Waals surface area (Å²) in [5, 5.41) is 13.8. The van der Waals surface area contributed by atoms with E-state index in [-0.39, 0.29) is 12.1 Å². The zero-order valence-electron chi connectivity index (χ0n) is 19.8. The third-order valence-corrected chi connectivity index (χ3v) is 7.27. The van der Waals surface area contributed by atoms with E-state index in [9.17, 15) is 18.8 Å². The molecule has 2 fully saturated rings. The number of nitrogens with zero attached hydrogens (tertiary/aromatic N) is 2. The highest BCUT2D eigenvalue weighted by Gasteiger charge is 2.31. The Hall–Kier alpha value is -3.31. The number of carbonyl (C=O) groups excluding carboxylic acids is 1. The minimum Gasteiger partial charge on any atom is -0.488 e. The normalized spacial score (nSPS) is 16.4. The van der Waals surface area contributed by atoms with Crippen LogP contribution in [0, 0.1) is 17.2 Å². The molecule has 1 unspecified atom stereocenters. The first-order chi connectivity index (χ1) is 17.4. The van der Waals surface area contributed by atoms with Crippen molar-refractivity contribution in [2.45, 2.75) is 57.6 Å².